The van der Waals surface area contributed by atoms with Gasteiger partial charge in [-0.2, -0.15) is 5.26 Å². The normalized spacial score (nSPS) is 17.2. The zero-order chi connectivity index (χ0) is 14.6. The second-order valence-electron chi connectivity index (χ2n) is 4.70. The number of esters is 1. The number of nitriles is 1. The third kappa shape index (κ3) is 3.35. The van der Waals surface area contributed by atoms with Gasteiger partial charge >= 0.3 is 5.97 Å². The van der Waals surface area contributed by atoms with E-state index in [2.05, 4.69) is 22.0 Å². The van der Waals surface area contributed by atoms with Crippen molar-refractivity contribution in [1.82, 2.24) is 0 Å². The molecule has 0 atom stereocenters. The number of carbonyl (C=O) groups is 1. The molecule has 1 saturated heterocycles. The molecule has 0 radical (unpaired) electrons. The minimum Gasteiger partial charge on any atom is -0.460 e. The van der Waals surface area contributed by atoms with Gasteiger partial charge in [-0.25, -0.2) is 9.18 Å². The Kier molecular flexibility index (Phi) is 4.73. The Labute approximate surface area is 124 Å². The summed E-state index contributed by atoms with van der Waals surface area (Å²) in [6, 6.07) is 5.96. The summed E-state index contributed by atoms with van der Waals surface area (Å²) in [4.78, 5) is 12.0. The highest BCUT2D eigenvalue weighted by molar-refractivity contribution is 9.10. The van der Waals surface area contributed by atoms with Crippen molar-refractivity contribution in [2.45, 2.75) is 12.8 Å². The predicted molar refractivity (Wildman–Crippen MR) is 72.5 cm³/mol. The average molecular weight is 342 g/mol. The van der Waals surface area contributed by atoms with Crippen molar-refractivity contribution < 1.29 is 18.7 Å². The first-order valence-corrected chi connectivity index (χ1v) is 6.97. The third-order valence-corrected chi connectivity index (χ3v) is 3.97. The molecular formula is C14H13BrFNO3. The third-order valence-electron chi connectivity index (χ3n) is 3.32. The Morgan fingerprint density at radius 1 is 1.50 bits per heavy atom. The highest BCUT2D eigenvalue weighted by Gasteiger charge is 2.34. The molecule has 0 bridgehead atoms. The largest absolute Gasteiger partial charge is 0.460 e. The van der Waals surface area contributed by atoms with Crippen molar-refractivity contribution >= 4 is 21.9 Å². The molecule has 0 spiro atoms. The smallest absolute Gasteiger partial charge is 0.339 e. The van der Waals surface area contributed by atoms with Crippen molar-refractivity contribution in [2.75, 3.05) is 19.8 Å². The Bertz CT molecular complexity index is 550. The van der Waals surface area contributed by atoms with E-state index in [0.717, 1.165) is 0 Å². The first-order valence-electron chi connectivity index (χ1n) is 6.17. The number of rotatable bonds is 3. The van der Waals surface area contributed by atoms with E-state index in [1.165, 1.54) is 18.2 Å². The summed E-state index contributed by atoms with van der Waals surface area (Å²) in [5, 5.41) is 9.26. The van der Waals surface area contributed by atoms with E-state index in [1.807, 2.05) is 0 Å². The fraction of sp³-hybridized carbons (Fsp3) is 0.429. The second-order valence-corrected chi connectivity index (χ2v) is 5.56. The van der Waals surface area contributed by atoms with E-state index in [0.29, 0.717) is 30.5 Å². The summed E-state index contributed by atoms with van der Waals surface area (Å²) in [6.07, 6.45) is 1.09. The number of nitrogens with zero attached hydrogens (tertiary/aromatic N) is 1. The minimum atomic E-state index is -0.680. The lowest BCUT2D eigenvalue weighted by molar-refractivity contribution is -0.00471. The Morgan fingerprint density at radius 3 is 2.80 bits per heavy atom. The highest BCUT2D eigenvalue weighted by atomic mass is 79.9. The maximum Gasteiger partial charge on any atom is 0.339 e. The van der Waals surface area contributed by atoms with Crippen LogP contribution in [-0.4, -0.2) is 25.8 Å². The van der Waals surface area contributed by atoms with Crippen LogP contribution in [0, 0.1) is 22.6 Å². The summed E-state index contributed by atoms with van der Waals surface area (Å²) in [7, 11) is 0. The molecule has 0 saturated carbocycles. The maximum atomic E-state index is 13.0. The number of hydrogen-bond donors (Lipinski definition) is 0. The van der Waals surface area contributed by atoms with E-state index in [9.17, 15) is 14.4 Å². The molecule has 1 fully saturated rings. The zero-order valence-electron chi connectivity index (χ0n) is 10.7. The molecule has 106 valence electrons. The molecule has 1 aromatic carbocycles. The molecule has 20 heavy (non-hydrogen) atoms. The number of halogens is 2. The first kappa shape index (κ1) is 14.9. The van der Waals surface area contributed by atoms with Crippen molar-refractivity contribution in [2.24, 2.45) is 5.41 Å². The first-order chi connectivity index (χ1) is 9.56. The molecule has 0 unspecified atom stereocenters. The fourth-order valence-electron chi connectivity index (χ4n) is 1.99. The van der Waals surface area contributed by atoms with E-state index < -0.39 is 17.2 Å². The van der Waals surface area contributed by atoms with Crippen LogP contribution in [0.5, 0.6) is 0 Å². The quantitative estimate of drug-likeness (QED) is 0.792. The van der Waals surface area contributed by atoms with Crippen molar-refractivity contribution in [3.8, 4) is 6.07 Å². The molecule has 0 aromatic heterocycles. The second kappa shape index (κ2) is 6.33. The predicted octanol–water partition coefficient (Wildman–Crippen LogP) is 3.07. The van der Waals surface area contributed by atoms with Crippen LogP contribution >= 0.6 is 15.9 Å². The molecular weight excluding hydrogens is 329 g/mol. The van der Waals surface area contributed by atoms with Crippen molar-refractivity contribution in [3.05, 3.63) is 34.1 Å². The highest BCUT2D eigenvalue weighted by Crippen LogP contribution is 2.30. The monoisotopic (exact) mass is 341 g/mol. The van der Waals surface area contributed by atoms with Crippen molar-refractivity contribution in [1.29, 1.82) is 5.26 Å². The van der Waals surface area contributed by atoms with Gasteiger partial charge in [-0.1, -0.05) is 0 Å². The molecule has 0 amide bonds. The summed E-state index contributed by atoms with van der Waals surface area (Å²) >= 11 is 3.12. The summed E-state index contributed by atoms with van der Waals surface area (Å²) in [5.74, 6) is -1.01. The van der Waals surface area contributed by atoms with Gasteiger partial charge < -0.3 is 9.47 Å². The Hall–Kier alpha value is -1.45. The van der Waals surface area contributed by atoms with Crippen LogP contribution in [0.4, 0.5) is 4.39 Å². The molecule has 4 nitrogen and oxygen atoms in total. The Morgan fingerprint density at radius 2 is 2.20 bits per heavy atom. The molecule has 2 rings (SSSR count). The summed E-state index contributed by atoms with van der Waals surface area (Å²) in [6.45, 7) is 1.01. The molecule has 6 heteroatoms. The lowest BCUT2D eigenvalue weighted by Crippen LogP contribution is -2.33. The Balaban J connectivity index is 2.03. The molecule has 1 heterocycles. The summed E-state index contributed by atoms with van der Waals surface area (Å²) < 4.78 is 23.7. The van der Waals surface area contributed by atoms with Crippen LogP contribution in [0.15, 0.2) is 22.7 Å². The van der Waals surface area contributed by atoms with Crippen LogP contribution in [0.25, 0.3) is 0 Å². The van der Waals surface area contributed by atoms with Crippen LogP contribution in [0.2, 0.25) is 0 Å². The molecule has 1 aromatic rings. The lowest BCUT2D eigenvalue weighted by atomic mass is 9.83. The van der Waals surface area contributed by atoms with E-state index in [4.69, 9.17) is 9.47 Å². The standard InChI is InChI=1S/C14H13BrFNO3/c15-12-7-10(16)1-2-11(12)13(18)20-9-14(8-17)3-5-19-6-4-14/h1-2,7H,3-6,9H2. The van der Waals surface area contributed by atoms with Crippen LogP contribution in [0.1, 0.15) is 23.2 Å². The van der Waals surface area contributed by atoms with Gasteiger partial charge in [-0.3, -0.25) is 0 Å². The molecule has 1 aliphatic rings. The van der Waals surface area contributed by atoms with Crippen molar-refractivity contribution in [3.63, 3.8) is 0 Å². The molecule has 1 aliphatic heterocycles. The van der Waals surface area contributed by atoms with E-state index in [-0.39, 0.29) is 12.2 Å². The fourth-order valence-corrected chi connectivity index (χ4v) is 2.50. The molecule has 0 N–H and O–H groups in total. The lowest BCUT2D eigenvalue weighted by Gasteiger charge is -2.29. The average Bonchev–Trinajstić information content (AvgIpc) is 2.46. The van der Waals surface area contributed by atoms with E-state index >= 15 is 0 Å². The van der Waals surface area contributed by atoms with Gasteiger partial charge in [-0.15, -0.1) is 0 Å². The zero-order valence-corrected chi connectivity index (χ0v) is 12.3. The van der Waals surface area contributed by atoms with Gasteiger partial charge in [0.05, 0.1) is 17.0 Å². The maximum absolute atomic E-state index is 13.0. The van der Waals surface area contributed by atoms with Gasteiger partial charge in [-0.05, 0) is 47.0 Å². The minimum absolute atomic E-state index is 0.0233. The van der Waals surface area contributed by atoms with E-state index in [1.54, 1.807) is 0 Å². The molecule has 0 aliphatic carbocycles. The van der Waals surface area contributed by atoms with Gasteiger partial charge in [0, 0.05) is 17.7 Å². The number of ether oxygens (including phenoxy) is 2. The van der Waals surface area contributed by atoms with Gasteiger partial charge in [0.1, 0.15) is 12.4 Å². The van der Waals surface area contributed by atoms with Crippen LogP contribution < -0.4 is 0 Å². The van der Waals surface area contributed by atoms with Gasteiger partial charge in [0.2, 0.25) is 0 Å². The van der Waals surface area contributed by atoms with Gasteiger partial charge in [0.15, 0.2) is 0 Å². The van der Waals surface area contributed by atoms with Crippen LogP contribution in [-0.2, 0) is 9.47 Å². The topological polar surface area (TPSA) is 59.3 Å². The van der Waals surface area contributed by atoms with Gasteiger partial charge in [0.25, 0.3) is 0 Å². The summed E-state index contributed by atoms with van der Waals surface area (Å²) in [5.41, 5.74) is -0.438. The number of carbonyl (C=O) groups excluding carboxylic acids is 1. The number of hydrogen-bond acceptors (Lipinski definition) is 4. The SMILES string of the molecule is N#CC1(COC(=O)c2ccc(F)cc2Br)CCOCC1. The number of benzene rings is 1. The van der Waals surface area contributed by atoms with Crippen LogP contribution in [0.3, 0.4) is 0 Å².